The number of aromatic carboxylic acids is 1. The summed E-state index contributed by atoms with van der Waals surface area (Å²) >= 11 is 0. The van der Waals surface area contributed by atoms with Crippen LogP contribution in [0, 0.1) is 0 Å². The number of amides is 2. The Kier molecular flexibility index (Phi) is 5.85. The molecule has 0 saturated carbocycles. The van der Waals surface area contributed by atoms with Gasteiger partial charge < -0.3 is 14.8 Å². The summed E-state index contributed by atoms with van der Waals surface area (Å²) in [5.41, 5.74) is 2.85. The number of hydrogen-bond acceptors (Lipinski definition) is 5. The minimum atomic E-state index is -1.26. The lowest BCUT2D eigenvalue weighted by atomic mass is 10.1. The molecule has 1 N–H and O–H groups in total. The van der Waals surface area contributed by atoms with Crippen molar-refractivity contribution in [2.45, 2.75) is 25.7 Å². The van der Waals surface area contributed by atoms with Crippen molar-refractivity contribution in [3.8, 4) is 0 Å². The van der Waals surface area contributed by atoms with Gasteiger partial charge in [0.05, 0.1) is 12.2 Å². The van der Waals surface area contributed by atoms with Crippen LogP contribution in [-0.2, 0) is 9.59 Å². The van der Waals surface area contributed by atoms with Crippen LogP contribution in [0.5, 0.6) is 0 Å². The molecule has 1 aromatic carbocycles. The first-order valence-electron chi connectivity index (χ1n) is 7.51. The fourth-order valence-corrected chi connectivity index (χ4v) is 2.34. The molecular formula is C16H18N3O4-. The number of hydrogen-bond donors (Lipinski definition) is 1. The van der Waals surface area contributed by atoms with Crippen LogP contribution >= 0.6 is 0 Å². The van der Waals surface area contributed by atoms with E-state index >= 15 is 0 Å². The topological polar surface area (TPSA) is 102 Å². The quantitative estimate of drug-likeness (QED) is 0.478. The Labute approximate surface area is 134 Å². The third kappa shape index (κ3) is 4.91. The number of nitrogens with one attached hydrogen (secondary N) is 1. The molecule has 0 atom stereocenters. The molecule has 0 radical (unpaired) electrons. The van der Waals surface area contributed by atoms with Gasteiger partial charge in [-0.15, -0.1) is 0 Å². The van der Waals surface area contributed by atoms with E-state index in [-0.39, 0.29) is 5.56 Å². The van der Waals surface area contributed by atoms with E-state index in [0.29, 0.717) is 18.7 Å². The molecule has 2 rings (SSSR count). The Balaban J connectivity index is 1.87. The van der Waals surface area contributed by atoms with Gasteiger partial charge in [0.15, 0.2) is 0 Å². The fourth-order valence-electron chi connectivity index (χ4n) is 2.34. The summed E-state index contributed by atoms with van der Waals surface area (Å²) in [6, 6.07) is 5.80. The molecule has 1 fully saturated rings. The molecule has 1 aliphatic heterocycles. The Morgan fingerprint density at radius 3 is 2.22 bits per heavy atom. The summed E-state index contributed by atoms with van der Waals surface area (Å²) in [4.78, 5) is 35.9. The van der Waals surface area contributed by atoms with Crippen molar-refractivity contribution in [3.63, 3.8) is 0 Å². The van der Waals surface area contributed by atoms with Crippen molar-refractivity contribution in [3.05, 3.63) is 35.4 Å². The normalized spacial score (nSPS) is 15.2. The second kappa shape index (κ2) is 8.07. The van der Waals surface area contributed by atoms with Crippen LogP contribution in [0.25, 0.3) is 0 Å². The van der Waals surface area contributed by atoms with Crippen molar-refractivity contribution in [2.75, 3.05) is 13.1 Å². The predicted molar refractivity (Wildman–Crippen MR) is 81.6 cm³/mol. The number of carboxylic acids is 1. The van der Waals surface area contributed by atoms with Gasteiger partial charge in [-0.3, -0.25) is 9.59 Å². The maximum atomic E-state index is 12.0. The van der Waals surface area contributed by atoms with E-state index in [0.717, 1.165) is 25.7 Å². The Hall–Kier alpha value is -2.70. The first kappa shape index (κ1) is 16.7. The molecule has 0 aromatic heterocycles. The van der Waals surface area contributed by atoms with E-state index in [2.05, 4.69) is 10.5 Å². The average Bonchev–Trinajstić information content (AvgIpc) is 2.83. The number of carboxylic acid groups (broad SMARTS) is 1. The molecule has 0 aliphatic carbocycles. The summed E-state index contributed by atoms with van der Waals surface area (Å²) in [5.74, 6) is -2.60. The van der Waals surface area contributed by atoms with E-state index in [1.807, 2.05) is 0 Å². The molecule has 122 valence electrons. The van der Waals surface area contributed by atoms with Gasteiger partial charge in [-0.2, -0.15) is 5.10 Å². The Morgan fingerprint density at radius 1 is 1.04 bits per heavy atom. The minimum absolute atomic E-state index is 0.0579. The molecular weight excluding hydrogens is 298 g/mol. The molecule has 0 unspecified atom stereocenters. The third-order valence-electron chi connectivity index (χ3n) is 3.61. The van der Waals surface area contributed by atoms with Crippen molar-refractivity contribution in [1.29, 1.82) is 0 Å². The molecule has 23 heavy (non-hydrogen) atoms. The molecule has 2 amide bonds. The van der Waals surface area contributed by atoms with Gasteiger partial charge in [0.2, 0.25) is 0 Å². The summed E-state index contributed by atoms with van der Waals surface area (Å²) in [6.45, 7) is 1.20. The SMILES string of the molecule is O=C(N/N=C\c1ccc(C(=O)[O-])cc1)C(=O)N1CCCCCC1. The molecule has 7 nitrogen and oxygen atoms in total. The van der Waals surface area contributed by atoms with Crippen molar-refractivity contribution < 1.29 is 19.5 Å². The fraction of sp³-hybridized carbons (Fsp3) is 0.375. The summed E-state index contributed by atoms with van der Waals surface area (Å²) in [6.07, 6.45) is 5.31. The molecule has 1 saturated heterocycles. The monoisotopic (exact) mass is 316 g/mol. The zero-order chi connectivity index (χ0) is 16.7. The summed E-state index contributed by atoms with van der Waals surface area (Å²) in [5, 5.41) is 14.3. The van der Waals surface area contributed by atoms with E-state index in [1.54, 1.807) is 4.90 Å². The number of rotatable bonds is 3. The molecule has 0 bridgehead atoms. The maximum absolute atomic E-state index is 12.0. The number of nitrogens with zero attached hydrogens (tertiary/aromatic N) is 2. The third-order valence-corrected chi connectivity index (χ3v) is 3.61. The van der Waals surface area contributed by atoms with Crippen LogP contribution in [-0.4, -0.2) is 42.0 Å². The van der Waals surface area contributed by atoms with E-state index in [1.165, 1.54) is 30.5 Å². The van der Waals surface area contributed by atoms with Crippen LogP contribution in [0.1, 0.15) is 41.6 Å². The predicted octanol–water partition coefficient (Wildman–Crippen LogP) is -0.0972. The summed E-state index contributed by atoms with van der Waals surface area (Å²) in [7, 11) is 0. The highest BCUT2D eigenvalue weighted by atomic mass is 16.4. The van der Waals surface area contributed by atoms with E-state index in [4.69, 9.17) is 0 Å². The van der Waals surface area contributed by atoms with E-state index in [9.17, 15) is 19.5 Å². The highest BCUT2D eigenvalue weighted by Gasteiger charge is 2.21. The number of carbonyl (C=O) groups is 3. The van der Waals surface area contributed by atoms with Crippen LogP contribution in [0.2, 0.25) is 0 Å². The summed E-state index contributed by atoms with van der Waals surface area (Å²) < 4.78 is 0. The van der Waals surface area contributed by atoms with Gasteiger partial charge in [-0.1, -0.05) is 37.1 Å². The van der Waals surface area contributed by atoms with Gasteiger partial charge in [0.1, 0.15) is 0 Å². The first-order chi connectivity index (χ1) is 11.1. The number of likely N-dealkylation sites (tertiary alicyclic amines) is 1. The van der Waals surface area contributed by atoms with Crippen molar-refractivity contribution in [2.24, 2.45) is 5.10 Å². The van der Waals surface area contributed by atoms with Crippen molar-refractivity contribution >= 4 is 24.0 Å². The minimum Gasteiger partial charge on any atom is -0.545 e. The Bertz CT molecular complexity index is 602. The number of hydrazone groups is 1. The first-order valence-corrected chi connectivity index (χ1v) is 7.51. The largest absolute Gasteiger partial charge is 0.545 e. The van der Waals surface area contributed by atoms with Crippen LogP contribution in [0.15, 0.2) is 29.4 Å². The second-order valence-electron chi connectivity index (χ2n) is 5.32. The van der Waals surface area contributed by atoms with Gasteiger partial charge in [0.25, 0.3) is 0 Å². The molecule has 1 aromatic rings. The lowest BCUT2D eigenvalue weighted by Crippen LogP contribution is -2.41. The molecule has 0 spiro atoms. The highest BCUT2D eigenvalue weighted by molar-refractivity contribution is 6.35. The highest BCUT2D eigenvalue weighted by Crippen LogP contribution is 2.09. The van der Waals surface area contributed by atoms with Gasteiger partial charge >= 0.3 is 11.8 Å². The lowest BCUT2D eigenvalue weighted by molar-refractivity contribution is -0.255. The lowest BCUT2D eigenvalue weighted by Gasteiger charge is -2.18. The number of carbonyl (C=O) groups excluding carboxylic acids is 3. The van der Waals surface area contributed by atoms with Crippen LogP contribution < -0.4 is 10.5 Å². The van der Waals surface area contributed by atoms with E-state index < -0.39 is 17.8 Å². The van der Waals surface area contributed by atoms with Gasteiger partial charge in [-0.05, 0) is 24.0 Å². The standard InChI is InChI=1S/C16H19N3O4/c20-14(15(21)19-9-3-1-2-4-10-19)18-17-11-12-5-7-13(8-6-12)16(22)23/h5-8,11H,1-4,9-10H2,(H,18,20)(H,22,23)/p-1/b17-11-. The molecule has 7 heteroatoms. The smallest absolute Gasteiger partial charge is 0.329 e. The van der Waals surface area contributed by atoms with Gasteiger partial charge in [-0.25, -0.2) is 5.43 Å². The van der Waals surface area contributed by atoms with Crippen LogP contribution in [0.4, 0.5) is 0 Å². The zero-order valence-electron chi connectivity index (χ0n) is 12.7. The Morgan fingerprint density at radius 2 is 1.65 bits per heavy atom. The van der Waals surface area contributed by atoms with Gasteiger partial charge in [0, 0.05) is 13.1 Å². The van der Waals surface area contributed by atoms with Crippen LogP contribution in [0.3, 0.4) is 0 Å². The maximum Gasteiger partial charge on any atom is 0.329 e. The second-order valence-corrected chi connectivity index (χ2v) is 5.32. The van der Waals surface area contributed by atoms with Crippen molar-refractivity contribution in [1.82, 2.24) is 10.3 Å². The average molecular weight is 316 g/mol. The number of benzene rings is 1. The zero-order valence-corrected chi connectivity index (χ0v) is 12.7. The molecule has 1 heterocycles. The molecule has 1 aliphatic rings.